The van der Waals surface area contributed by atoms with Gasteiger partial charge in [0.1, 0.15) is 0 Å². The predicted octanol–water partition coefficient (Wildman–Crippen LogP) is 3.14. The van der Waals surface area contributed by atoms with E-state index in [1.165, 1.54) is 50.3 Å². The second kappa shape index (κ2) is 8.20. The van der Waals surface area contributed by atoms with Crippen molar-refractivity contribution >= 4 is 27.5 Å². The summed E-state index contributed by atoms with van der Waals surface area (Å²) in [6.45, 7) is 0.643. The van der Waals surface area contributed by atoms with Gasteiger partial charge in [0.15, 0.2) is 0 Å². The van der Waals surface area contributed by atoms with Gasteiger partial charge in [-0.1, -0.05) is 37.5 Å². The predicted molar refractivity (Wildman–Crippen MR) is 114 cm³/mol. The highest BCUT2D eigenvalue weighted by atomic mass is 32.2. The van der Waals surface area contributed by atoms with Gasteiger partial charge in [0.25, 0.3) is 21.8 Å². The first-order chi connectivity index (χ1) is 14.3. The van der Waals surface area contributed by atoms with Crippen LogP contribution >= 0.6 is 0 Å². The van der Waals surface area contributed by atoms with Crippen LogP contribution in [0.1, 0.15) is 58.4 Å². The Morgan fingerprint density at radius 2 is 1.70 bits per heavy atom. The number of amides is 2. The molecule has 0 unspecified atom stereocenters. The monoisotopic (exact) mass is 427 g/mol. The molecule has 1 aliphatic carbocycles. The van der Waals surface area contributed by atoms with Gasteiger partial charge in [0, 0.05) is 12.6 Å². The molecule has 0 radical (unpaired) electrons. The van der Waals surface area contributed by atoms with Crippen molar-refractivity contribution in [3.8, 4) is 0 Å². The molecule has 2 aromatic carbocycles. The SMILES string of the molecule is CN(Cc1ccccc1NS(=O)(=O)c1ccc2c(c1)C(=O)NC2=O)C1CCCCC1. The Hall–Kier alpha value is -2.71. The standard InChI is InChI=1S/C22H25N3O4S/c1-25(16-8-3-2-4-9-16)14-15-7-5-6-10-20(15)24-30(28,29)17-11-12-18-19(13-17)22(27)23-21(18)26/h5-7,10-13,16,24H,2-4,8-9,14H2,1H3,(H,23,26,27). The number of hydrogen-bond donors (Lipinski definition) is 2. The minimum atomic E-state index is -3.92. The summed E-state index contributed by atoms with van der Waals surface area (Å²) in [4.78, 5) is 25.8. The number of rotatable bonds is 6. The van der Waals surface area contributed by atoms with E-state index in [-0.39, 0.29) is 16.0 Å². The quantitative estimate of drug-likeness (QED) is 0.691. The minimum Gasteiger partial charge on any atom is -0.299 e. The Balaban J connectivity index is 1.56. The smallest absolute Gasteiger partial charge is 0.261 e. The number of fused-ring (bicyclic) bond motifs is 1. The van der Waals surface area contributed by atoms with Crippen LogP contribution in [0, 0.1) is 0 Å². The molecule has 7 nitrogen and oxygen atoms in total. The third-order valence-electron chi connectivity index (χ3n) is 5.90. The van der Waals surface area contributed by atoms with Crippen LogP contribution in [0.3, 0.4) is 0 Å². The molecule has 158 valence electrons. The minimum absolute atomic E-state index is 0.0541. The highest BCUT2D eigenvalue weighted by Gasteiger charge is 2.29. The molecule has 4 rings (SSSR count). The lowest BCUT2D eigenvalue weighted by Gasteiger charge is -2.31. The van der Waals surface area contributed by atoms with E-state index in [1.54, 1.807) is 12.1 Å². The Morgan fingerprint density at radius 1 is 1.00 bits per heavy atom. The zero-order chi connectivity index (χ0) is 21.3. The number of hydrogen-bond acceptors (Lipinski definition) is 5. The molecule has 2 aromatic rings. The van der Waals surface area contributed by atoms with Gasteiger partial charge in [-0.05, 0) is 49.7 Å². The Labute approximate surface area is 176 Å². The fraction of sp³-hybridized carbons (Fsp3) is 0.364. The zero-order valence-electron chi connectivity index (χ0n) is 16.8. The number of carbonyl (C=O) groups excluding carboxylic acids is 2. The highest BCUT2D eigenvalue weighted by Crippen LogP contribution is 2.27. The van der Waals surface area contributed by atoms with Crippen molar-refractivity contribution < 1.29 is 18.0 Å². The second-order valence-electron chi connectivity index (χ2n) is 7.96. The van der Waals surface area contributed by atoms with Crippen LogP contribution in [-0.2, 0) is 16.6 Å². The van der Waals surface area contributed by atoms with Gasteiger partial charge in [-0.2, -0.15) is 0 Å². The van der Waals surface area contributed by atoms with Crippen molar-refractivity contribution in [3.05, 3.63) is 59.2 Å². The third kappa shape index (κ3) is 4.11. The number of para-hydroxylation sites is 1. The first-order valence-electron chi connectivity index (χ1n) is 10.2. The number of nitrogens with one attached hydrogen (secondary N) is 2. The summed E-state index contributed by atoms with van der Waals surface area (Å²) in [7, 11) is -1.84. The highest BCUT2D eigenvalue weighted by molar-refractivity contribution is 7.92. The molecule has 30 heavy (non-hydrogen) atoms. The summed E-state index contributed by atoms with van der Waals surface area (Å²) >= 11 is 0. The van der Waals surface area contributed by atoms with Gasteiger partial charge < -0.3 is 0 Å². The van der Waals surface area contributed by atoms with Crippen molar-refractivity contribution in [2.45, 2.75) is 49.6 Å². The number of carbonyl (C=O) groups is 2. The molecule has 0 aromatic heterocycles. The summed E-state index contributed by atoms with van der Waals surface area (Å²) in [5, 5.41) is 2.17. The van der Waals surface area contributed by atoms with Gasteiger partial charge in [-0.25, -0.2) is 8.42 Å². The van der Waals surface area contributed by atoms with Crippen LogP contribution in [0.2, 0.25) is 0 Å². The molecule has 1 heterocycles. The fourth-order valence-corrected chi connectivity index (χ4v) is 5.32. The molecule has 0 atom stereocenters. The number of imide groups is 1. The van der Waals surface area contributed by atoms with Gasteiger partial charge >= 0.3 is 0 Å². The number of anilines is 1. The van der Waals surface area contributed by atoms with Crippen molar-refractivity contribution in [2.24, 2.45) is 0 Å². The number of benzene rings is 2. The van der Waals surface area contributed by atoms with E-state index >= 15 is 0 Å². The van der Waals surface area contributed by atoms with E-state index < -0.39 is 21.8 Å². The van der Waals surface area contributed by atoms with Crippen LogP contribution < -0.4 is 10.0 Å². The molecule has 0 spiro atoms. The maximum absolute atomic E-state index is 13.0. The largest absolute Gasteiger partial charge is 0.299 e. The zero-order valence-corrected chi connectivity index (χ0v) is 17.7. The lowest BCUT2D eigenvalue weighted by atomic mass is 9.94. The third-order valence-corrected chi connectivity index (χ3v) is 7.26. The van der Waals surface area contributed by atoms with Crippen LogP contribution in [0.25, 0.3) is 0 Å². The van der Waals surface area contributed by atoms with Crippen molar-refractivity contribution in [1.82, 2.24) is 10.2 Å². The van der Waals surface area contributed by atoms with E-state index in [4.69, 9.17) is 0 Å². The molecule has 1 saturated carbocycles. The van der Waals surface area contributed by atoms with Crippen molar-refractivity contribution in [2.75, 3.05) is 11.8 Å². The Bertz CT molecular complexity index is 1090. The lowest BCUT2D eigenvalue weighted by Crippen LogP contribution is -2.33. The molecule has 2 N–H and O–H groups in total. The fourth-order valence-electron chi connectivity index (χ4n) is 4.20. The summed E-state index contributed by atoms with van der Waals surface area (Å²) in [5.41, 5.74) is 1.67. The van der Waals surface area contributed by atoms with E-state index in [0.29, 0.717) is 18.3 Å². The maximum atomic E-state index is 13.0. The molecule has 2 amide bonds. The molecule has 0 bridgehead atoms. The van der Waals surface area contributed by atoms with E-state index in [0.717, 1.165) is 5.56 Å². The van der Waals surface area contributed by atoms with Gasteiger partial charge in [-0.3, -0.25) is 24.5 Å². The molecule has 2 aliphatic rings. The van der Waals surface area contributed by atoms with Crippen LogP contribution in [0.5, 0.6) is 0 Å². The molecular weight excluding hydrogens is 402 g/mol. The average molecular weight is 428 g/mol. The van der Waals surface area contributed by atoms with Crippen LogP contribution in [0.4, 0.5) is 5.69 Å². The molecule has 1 fully saturated rings. The normalized spacial score (nSPS) is 17.1. The van der Waals surface area contributed by atoms with E-state index in [2.05, 4.69) is 22.0 Å². The summed E-state index contributed by atoms with van der Waals surface area (Å²) < 4.78 is 28.6. The van der Waals surface area contributed by atoms with Gasteiger partial charge in [0.2, 0.25) is 0 Å². The first-order valence-corrected chi connectivity index (χ1v) is 11.6. The van der Waals surface area contributed by atoms with E-state index in [9.17, 15) is 18.0 Å². The Morgan fingerprint density at radius 3 is 2.47 bits per heavy atom. The maximum Gasteiger partial charge on any atom is 0.261 e. The summed E-state index contributed by atoms with van der Waals surface area (Å²) in [5.74, 6) is -1.09. The van der Waals surface area contributed by atoms with Crippen molar-refractivity contribution in [1.29, 1.82) is 0 Å². The molecule has 1 aliphatic heterocycles. The summed E-state index contributed by atoms with van der Waals surface area (Å²) in [6, 6.07) is 11.8. The van der Waals surface area contributed by atoms with Gasteiger partial charge in [-0.15, -0.1) is 0 Å². The lowest BCUT2D eigenvalue weighted by molar-refractivity contribution is 0.0879. The first kappa shape index (κ1) is 20.6. The summed E-state index contributed by atoms with van der Waals surface area (Å²) in [6.07, 6.45) is 6.08. The molecule has 0 saturated heterocycles. The van der Waals surface area contributed by atoms with E-state index in [1.807, 2.05) is 12.1 Å². The topological polar surface area (TPSA) is 95.6 Å². The Kier molecular flexibility index (Phi) is 5.62. The average Bonchev–Trinajstić information content (AvgIpc) is 3.03. The number of sulfonamides is 1. The molecule has 8 heteroatoms. The van der Waals surface area contributed by atoms with Crippen LogP contribution in [-0.4, -0.2) is 38.2 Å². The van der Waals surface area contributed by atoms with Crippen molar-refractivity contribution in [3.63, 3.8) is 0 Å². The second-order valence-corrected chi connectivity index (χ2v) is 9.64. The molecular formula is C22H25N3O4S. The van der Waals surface area contributed by atoms with Crippen LogP contribution in [0.15, 0.2) is 47.4 Å². The number of nitrogens with zero attached hydrogens (tertiary/aromatic N) is 1. The van der Waals surface area contributed by atoms with Gasteiger partial charge in [0.05, 0.1) is 21.7 Å².